The Balaban J connectivity index is 2.12. The molecular weight excluding hydrogens is 274 g/mol. The van der Waals surface area contributed by atoms with Crippen LogP contribution in [0.4, 0.5) is 0 Å². The third-order valence-electron chi connectivity index (χ3n) is 3.35. The molecule has 1 heterocycles. The number of nitrogens with one attached hydrogen (secondary N) is 1. The second-order valence-corrected chi connectivity index (χ2v) is 7.32. The van der Waals surface area contributed by atoms with E-state index in [0.29, 0.717) is 24.2 Å². The standard InChI is InChI=1S/C14H19N3O2S/c1-11-8-17(9-12(2)16-11)20(18,19)10-14-5-3-13(7-15)4-6-14/h3-6,11-12,16H,8-10H2,1-2H3. The summed E-state index contributed by atoms with van der Waals surface area (Å²) in [4.78, 5) is 0. The number of hydrogen-bond donors (Lipinski definition) is 1. The van der Waals surface area contributed by atoms with Gasteiger partial charge in [-0.3, -0.25) is 0 Å². The minimum atomic E-state index is -3.31. The Morgan fingerprint density at radius 1 is 1.25 bits per heavy atom. The molecule has 0 saturated carbocycles. The molecule has 1 saturated heterocycles. The van der Waals surface area contributed by atoms with Gasteiger partial charge in [0, 0.05) is 25.2 Å². The predicted molar refractivity (Wildman–Crippen MR) is 77.4 cm³/mol. The first kappa shape index (κ1) is 15.0. The van der Waals surface area contributed by atoms with E-state index in [0.717, 1.165) is 0 Å². The normalized spacial score (nSPS) is 24.2. The SMILES string of the molecule is CC1CN(S(=O)(=O)Cc2ccc(C#N)cc2)CC(C)N1. The molecule has 2 rings (SSSR count). The van der Waals surface area contributed by atoms with Gasteiger partial charge in [-0.25, -0.2) is 8.42 Å². The molecule has 0 spiro atoms. The number of hydrogen-bond acceptors (Lipinski definition) is 4. The van der Waals surface area contributed by atoms with E-state index in [2.05, 4.69) is 5.32 Å². The second-order valence-electron chi connectivity index (χ2n) is 5.35. The van der Waals surface area contributed by atoms with Crippen LogP contribution in [0.25, 0.3) is 0 Å². The van der Waals surface area contributed by atoms with Crippen LogP contribution in [-0.4, -0.2) is 37.9 Å². The highest BCUT2D eigenvalue weighted by molar-refractivity contribution is 7.88. The predicted octanol–water partition coefficient (Wildman–Crippen LogP) is 1.07. The van der Waals surface area contributed by atoms with E-state index in [-0.39, 0.29) is 17.8 Å². The van der Waals surface area contributed by atoms with Gasteiger partial charge in [0.25, 0.3) is 0 Å². The van der Waals surface area contributed by atoms with Crippen molar-refractivity contribution in [2.75, 3.05) is 13.1 Å². The van der Waals surface area contributed by atoms with Gasteiger partial charge in [-0.2, -0.15) is 9.57 Å². The van der Waals surface area contributed by atoms with Gasteiger partial charge in [0.2, 0.25) is 10.0 Å². The Kier molecular flexibility index (Phi) is 4.43. The topological polar surface area (TPSA) is 73.2 Å². The highest BCUT2D eigenvalue weighted by atomic mass is 32.2. The Labute approximate surface area is 120 Å². The first-order chi connectivity index (χ1) is 9.40. The highest BCUT2D eigenvalue weighted by Gasteiger charge is 2.29. The first-order valence-corrected chi connectivity index (χ1v) is 8.24. The molecule has 1 aliphatic heterocycles. The van der Waals surface area contributed by atoms with E-state index in [1.165, 1.54) is 0 Å². The monoisotopic (exact) mass is 293 g/mol. The molecule has 1 aliphatic rings. The molecule has 5 nitrogen and oxygen atoms in total. The lowest BCUT2D eigenvalue weighted by Crippen LogP contribution is -2.55. The van der Waals surface area contributed by atoms with Gasteiger partial charge in [-0.05, 0) is 31.5 Å². The maximum atomic E-state index is 12.4. The number of sulfonamides is 1. The fraction of sp³-hybridized carbons (Fsp3) is 0.500. The zero-order valence-corrected chi connectivity index (χ0v) is 12.5. The van der Waals surface area contributed by atoms with Crippen molar-refractivity contribution in [1.29, 1.82) is 5.26 Å². The van der Waals surface area contributed by atoms with Crippen molar-refractivity contribution >= 4 is 10.0 Å². The van der Waals surface area contributed by atoms with Crippen LogP contribution in [0.15, 0.2) is 24.3 Å². The third-order valence-corrected chi connectivity index (χ3v) is 5.13. The smallest absolute Gasteiger partial charge is 0.218 e. The third kappa shape index (κ3) is 3.57. The van der Waals surface area contributed by atoms with Gasteiger partial charge in [0.1, 0.15) is 0 Å². The molecule has 20 heavy (non-hydrogen) atoms. The molecule has 6 heteroatoms. The summed E-state index contributed by atoms with van der Waals surface area (Å²) >= 11 is 0. The molecule has 2 atom stereocenters. The lowest BCUT2D eigenvalue weighted by Gasteiger charge is -2.35. The van der Waals surface area contributed by atoms with Crippen LogP contribution in [0, 0.1) is 11.3 Å². The van der Waals surface area contributed by atoms with E-state index in [1.54, 1.807) is 28.6 Å². The van der Waals surface area contributed by atoms with Crippen LogP contribution >= 0.6 is 0 Å². The Hall–Kier alpha value is -1.42. The fourth-order valence-electron chi connectivity index (χ4n) is 2.48. The molecule has 0 aliphatic carbocycles. The molecule has 2 unspecified atom stereocenters. The largest absolute Gasteiger partial charge is 0.309 e. The van der Waals surface area contributed by atoms with Crippen molar-refractivity contribution in [3.8, 4) is 6.07 Å². The lowest BCUT2D eigenvalue weighted by atomic mass is 10.2. The van der Waals surface area contributed by atoms with Gasteiger partial charge in [-0.1, -0.05) is 12.1 Å². The number of piperazine rings is 1. The maximum absolute atomic E-state index is 12.4. The Morgan fingerprint density at radius 3 is 2.30 bits per heavy atom. The van der Waals surface area contributed by atoms with E-state index < -0.39 is 10.0 Å². The van der Waals surface area contributed by atoms with Crippen molar-refractivity contribution < 1.29 is 8.42 Å². The van der Waals surface area contributed by atoms with E-state index >= 15 is 0 Å². The van der Waals surface area contributed by atoms with Crippen LogP contribution in [-0.2, 0) is 15.8 Å². The summed E-state index contributed by atoms with van der Waals surface area (Å²) < 4.78 is 26.4. The van der Waals surface area contributed by atoms with Gasteiger partial charge in [0.15, 0.2) is 0 Å². The summed E-state index contributed by atoms with van der Waals surface area (Å²) in [6, 6.07) is 9.04. The van der Waals surface area contributed by atoms with E-state index in [4.69, 9.17) is 5.26 Å². The van der Waals surface area contributed by atoms with Crippen LogP contribution < -0.4 is 5.32 Å². The van der Waals surface area contributed by atoms with Crippen LogP contribution in [0.3, 0.4) is 0 Å². The van der Waals surface area contributed by atoms with Crippen LogP contribution in [0.1, 0.15) is 25.0 Å². The summed E-state index contributed by atoms with van der Waals surface area (Å²) in [5, 5.41) is 12.1. The van der Waals surface area contributed by atoms with Gasteiger partial charge in [-0.15, -0.1) is 0 Å². The molecule has 0 radical (unpaired) electrons. The summed E-state index contributed by atoms with van der Waals surface area (Å²) in [6.07, 6.45) is 0. The van der Waals surface area contributed by atoms with E-state index in [1.807, 2.05) is 19.9 Å². The minimum Gasteiger partial charge on any atom is -0.309 e. The summed E-state index contributed by atoms with van der Waals surface area (Å²) in [5.74, 6) is -0.0157. The Bertz CT molecular complexity index is 594. The van der Waals surface area contributed by atoms with Gasteiger partial charge < -0.3 is 5.32 Å². The summed E-state index contributed by atoms with van der Waals surface area (Å²) in [6.45, 7) is 4.98. The molecule has 0 bridgehead atoms. The van der Waals surface area contributed by atoms with Crippen LogP contribution in [0.5, 0.6) is 0 Å². The lowest BCUT2D eigenvalue weighted by molar-refractivity contribution is 0.262. The number of rotatable bonds is 3. The Morgan fingerprint density at radius 2 is 1.80 bits per heavy atom. The molecule has 0 aromatic heterocycles. The van der Waals surface area contributed by atoms with Gasteiger partial charge >= 0.3 is 0 Å². The molecule has 1 aromatic carbocycles. The number of nitrogens with zero attached hydrogens (tertiary/aromatic N) is 2. The van der Waals surface area contributed by atoms with Crippen molar-refractivity contribution in [3.63, 3.8) is 0 Å². The molecule has 1 fully saturated rings. The average Bonchev–Trinajstić information content (AvgIpc) is 2.38. The summed E-state index contributed by atoms with van der Waals surface area (Å²) in [7, 11) is -3.31. The maximum Gasteiger partial charge on any atom is 0.218 e. The molecule has 0 amide bonds. The molecule has 108 valence electrons. The average molecular weight is 293 g/mol. The first-order valence-electron chi connectivity index (χ1n) is 6.63. The molecule has 1 aromatic rings. The van der Waals surface area contributed by atoms with Crippen LogP contribution in [0.2, 0.25) is 0 Å². The van der Waals surface area contributed by atoms with Crippen molar-refractivity contribution in [3.05, 3.63) is 35.4 Å². The second kappa shape index (κ2) is 5.92. The van der Waals surface area contributed by atoms with Crippen molar-refractivity contribution in [2.45, 2.75) is 31.7 Å². The fourth-order valence-corrected chi connectivity index (χ4v) is 4.18. The minimum absolute atomic E-state index is 0.0157. The van der Waals surface area contributed by atoms with Gasteiger partial charge in [0.05, 0.1) is 17.4 Å². The highest BCUT2D eigenvalue weighted by Crippen LogP contribution is 2.15. The molecular formula is C14H19N3O2S. The quantitative estimate of drug-likeness (QED) is 0.905. The zero-order chi connectivity index (χ0) is 14.8. The van der Waals surface area contributed by atoms with Crippen molar-refractivity contribution in [2.24, 2.45) is 0 Å². The van der Waals surface area contributed by atoms with E-state index in [9.17, 15) is 8.42 Å². The number of benzene rings is 1. The zero-order valence-electron chi connectivity index (χ0n) is 11.7. The molecule has 1 N–H and O–H groups in total. The van der Waals surface area contributed by atoms with Crippen molar-refractivity contribution in [1.82, 2.24) is 9.62 Å². The summed E-state index contributed by atoms with van der Waals surface area (Å²) in [5.41, 5.74) is 1.25. The number of nitriles is 1.